The van der Waals surface area contributed by atoms with Gasteiger partial charge in [-0.25, -0.2) is 18.6 Å². The van der Waals surface area contributed by atoms with E-state index in [4.69, 9.17) is 29.0 Å². The summed E-state index contributed by atoms with van der Waals surface area (Å²) in [6.07, 6.45) is 0. The number of nitrogens with one attached hydrogen (secondary N) is 1. The Hall–Kier alpha value is -1.27. The Labute approximate surface area is 123 Å². The van der Waals surface area contributed by atoms with E-state index in [0.29, 0.717) is 15.6 Å². The summed E-state index contributed by atoms with van der Waals surface area (Å²) in [5.41, 5.74) is 2.89. The Morgan fingerprint density at radius 1 is 1.00 bits per heavy atom. The molecule has 2 nitrogen and oxygen atoms in total. The van der Waals surface area contributed by atoms with Crippen molar-refractivity contribution in [2.45, 2.75) is 6.04 Å². The zero-order valence-electron chi connectivity index (χ0n) is 9.93. The number of benzene rings is 2. The molecule has 2 rings (SSSR count). The molecule has 0 aliphatic carbocycles. The Kier molecular flexibility index (Phi) is 4.55. The minimum atomic E-state index is -1.54. The highest BCUT2D eigenvalue weighted by atomic mass is 35.5. The van der Waals surface area contributed by atoms with E-state index in [1.807, 2.05) is 0 Å². The molecule has 20 heavy (non-hydrogen) atoms. The largest absolute Gasteiger partial charge is 0.271 e. The van der Waals surface area contributed by atoms with Crippen LogP contribution in [-0.4, -0.2) is 0 Å². The molecule has 0 saturated heterocycles. The van der Waals surface area contributed by atoms with Gasteiger partial charge in [0.15, 0.2) is 17.5 Å². The van der Waals surface area contributed by atoms with Crippen molar-refractivity contribution in [3.05, 3.63) is 69.0 Å². The summed E-state index contributed by atoms with van der Waals surface area (Å²) in [5.74, 6) is 1.25. The lowest BCUT2D eigenvalue weighted by atomic mass is 9.99. The van der Waals surface area contributed by atoms with Crippen molar-refractivity contribution in [2.24, 2.45) is 5.84 Å². The minimum absolute atomic E-state index is 0.0908. The second-order valence-electron chi connectivity index (χ2n) is 4.06. The summed E-state index contributed by atoms with van der Waals surface area (Å²) in [6, 6.07) is 5.46. The van der Waals surface area contributed by atoms with E-state index in [0.717, 1.165) is 12.1 Å². The zero-order valence-corrected chi connectivity index (χ0v) is 11.4. The van der Waals surface area contributed by atoms with Crippen LogP contribution < -0.4 is 11.3 Å². The molecule has 1 atom stereocenters. The van der Waals surface area contributed by atoms with Gasteiger partial charge in [0.1, 0.15) is 0 Å². The fourth-order valence-electron chi connectivity index (χ4n) is 1.84. The van der Waals surface area contributed by atoms with Crippen LogP contribution >= 0.6 is 23.2 Å². The number of hydrogen-bond acceptors (Lipinski definition) is 2. The Morgan fingerprint density at radius 2 is 1.60 bits per heavy atom. The van der Waals surface area contributed by atoms with Gasteiger partial charge in [0.25, 0.3) is 0 Å². The van der Waals surface area contributed by atoms with Gasteiger partial charge in [0.05, 0.1) is 6.04 Å². The molecule has 106 valence electrons. The van der Waals surface area contributed by atoms with Crippen molar-refractivity contribution >= 4 is 23.2 Å². The fraction of sp³-hybridized carbons (Fsp3) is 0.0769. The van der Waals surface area contributed by atoms with Crippen LogP contribution in [0.1, 0.15) is 17.2 Å². The molecule has 0 aliphatic heterocycles. The summed E-state index contributed by atoms with van der Waals surface area (Å²) in [5, 5.41) is 0.690. The van der Waals surface area contributed by atoms with E-state index in [1.165, 1.54) is 12.1 Å². The molecule has 1 unspecified atom stereocenters. The Morgan fingerprint density at radius 3 is 2.15 bits per heavy atom. The number of nitrogens with two attached hydrogens (primary N) is 1. The molecule has 7 heteroatoms. The van der Waals surface area contributed by atoms with Gasteiger partial charge in [-0.15, -0.1) is 0 Å². The molecule has 3 N–H and O–H groups in total. The standard InChI is InChI=1S/C13H9Cl2F3N2/c14-7-1-2-9(15)8(5-7)13(20-19)6-3-10(16)12(18)11(17)4-6/h1-5,13,20H,19H2. The second kappa shape index (κ2) is 6.01. The van der Waals surface area contributed by atoms with Gasteiger partial charge in [-0.1, -0.05) is 23.2 Å². The molecular weight excluding hydrogens is 312 g/mol. The predicted molar refractivity (Wildman–Crippen MR) is 71.9 cm³/mol. The average molecular weight is 321 g/mol. The highest BCUT2D eigenvalue weighted by molar-refractivity contribution is 6.33. The summed E-state index contributed by atoms with van der Waals surface area (Å²) in [6.45, 7) is 0. The summed E-state index contributed by atoms with van der Waals surface area (Å²) < 4.78 is 39.6. The Balaban J connectivity index is 2.55. The van der Waals surface area contributed by atoms with E-state index in [1.54, 1.807) is 6.07 Å². The van der Waals surface area contributed by atoms with Crippen molar-refractivity contribution < 1.29 is 13.2 Å². The first-order valence-electron chi connectivity index (χ1n) is 5.49. The molecule has 0 heterocycles. The first kappa shape index (κ1) is 15.1. The van der Waals surface area contributed by atoms with Gasteiger partial charge >= 0.3 is 0 Å². The van der Waals surface area contributed by atoms with Crippen molar-refractivity contribution in [2.75, 3.05) is 0 Å². The lowest BCUT2D eigenvalue weighted by Crippen LogP contribution is -2.29. The molecule has 2 aromatic rings. The maximum atomic E-state index is 13.3. The normalized spacial score (nSPS) is 12.5. The van der Waals surface area contributed by atoms with Crippen LogP contribution in [0.25, 0.3) is 0 Å². The van der Waals surface area contributed by atoms with Crippen LogP contribution in [0.2, 0.25) is 10.0 Å². The molecule has 0 spiro atoms. The lowest BCUT2D eigenvalue weighted by molar-refractivity contribution is 0.442. The van der Waals surface area contributed by atoms with Gasteiger partial charge in [-0.05, 0) is 41.5 Å². The van der Waals surface area contributed by atoms with E-state index < -0.39 is 23.5 Å². The van der Waals surface area contributed by atoms with Crippen LogP contribution in [-0.2, 0) is 0 Å². The fourth-order valence-corrected chi connectivity index (χ4v) is 2.25. The SMILES string of the molecule is NNC(c1cc(F)c(F)c(F)c1)c1cc(Cl)ccc1Cl. The molecule has 0 amide bonds. The zero-order chi connectivity index (χ0) is 14.9. The second-order valence-corrected chi connectivity index (χ2v) is 4.91. The summed E-state index contributed by atoms with van der Waals surface area (Å²) in [7, 11) is 0. The molecule has 0 radical (unpaired) electrons. The number of hydrazine groups is 1. The van der Waals surface area contributed by atoms with Crippen molar-refractivity contribution in [1.29, 1.82) is 0 Å². The van der Waals surface area contributed by atoms with E-state index in [9.17, 15) is 13.2 Å². The molecule has 0 bridgehead atoms. The molecule has 0 aromatic heterocycles. The molecule has 0 aliphatic rings. The minimum Gasteiger partial charge on any atom is -0.271 e. The summed E-state index contributed by atoms with van der Waals surface area (Å²) in [4.78, 5) is 0. The smallest absolute Gasteiger partial charge is 0.194 e. The van der Waals surface area contributed by atoms with Crippen molar-refractivity contribution in [3.8, 4) is 0 Å². The molecule has 2 aromatic carbocycles. The maximum Gasteiger partial charge on any atom is 0.194 e. The van der Waals surface area contributed by atoms with Gasteiger partial charge in [-0.2, -0.15) is 0 Å². The van der Waals surface area contributed by atoms with Gasteiger partial charge in [0, 0.05) is 10.0 Å². The predicted octanol–water partition coefficient (Wildman–Crippen LogP) is 3.96. The van der Waals surface area contributed by atoms with E-state index in [2.05, 4.69) is 5.43 Å². The quantitative estimate of drug-likeness (QED) is 0.510. The van der Waals surface area contributed by atoms with Gasteiger partial charge in [-0.3, -0.25) is 5.84 Å². The third kappa shape index (κ3) is 2.91. The average Bonchev–Trinajstić information content (AvgIpc) is 2.40. The Bertz CT molecular complexity index is 627. The molecule has 0 saturated carbocycles. The highest BCUT2D eigenvalue weighted by Gasteiger charge is 2.20. The van der Waals surface area contributed by atoms with Crippen LogP contribution in [0.5, 0.6) is 0 Å². The van der Waals surface area contributed by atoms with E-state index >= 15 is 0 Å². The first-order valence-corrected chi connectivity index (χ1v) is 6.25. The first-order chi connectivity index (χ1) is 9.43. The van der Waals surface area contributed by atoms with Crippen LogP contribution in [0.3, 0.4) is 0 Å². The monoisotopic (exact) mass is 320 g/mol. The van der Waals surface area contributed by atoms with Crippen LogP contribution in [0, 0.1) is 17.5 Å². The number of halogens is 5. The number of rotatable bonds is 3. The van der Waals surface area contributed by atoms with Crippen molar-refractivity contribution in [1.82, 2.24) is 5.43 Å². The third-order valence-electron chi connectivity index (χ3n) is 2.78. The van der Waals surface area contributed by atoms with Gasteiger partial charge < -0.3 is 0 Å². The lowest BCUT2D eigenvalue weighted by Gasteiger charge is -2.19. The van der Waals surface area contributed by atoms with Gasteiger partial charge in [0.2, 0.25) is 0 Å². The van der Waals surface area contributed by atoms with Crippen molar-refractivity contribution in [3.63, 3.8) is 0 Å². The highest BCUT2D eigenvalue weighted by Crippen LogP contribution is 2.31. The van der Waals surface area contributed by atoms with E-state index in [-0.39, 0.29) is 5.56 Å². The maximum absolute atomic E-state index is 13.3. The molecular formula is C13H9Cl2F3N2. The number of hydrogen-bond donors (Lipinski definition) is 2. The van der Waals surface area contributed by atoms with Crippen LogP contribution in [0.15, 0.2) is 30.3 Å². The third-order valence-corrected chi connectivity index (χ3v) is 3.35. The summed E-state index contributed by atoms with van der Waals surface area (Å²) >= 11 is 11.9. The topological polar surface area (TPSA) is 38.0 Å². The van der Waals surface area contributed by atoms with Crippen LogP contribution in [0.4, 0.5) is 13.2 Å². The molecule has 0 fully saturated rings.